The first-order valence-corrected chi connectivity index (χ1v) is 4.45. The maximum absolute atomic E-state index is 11.2. The number of Topliss-reactive ketones (excluding diaryl/α,β-unsaturated/α-hetero) is 1. The van der Waals surface area contributed by atoms with Crippen LogP contribution in [0.5, 0.6) is 0 Å². The molecule has 2 heteroatoms. The van der Waals surface area contributed by atoms with Crippen LogP contribution in [0.3, 0.4) is 0 Å². The van der Waals surface area contributed by atoms with Gasteiger partial charge in [-0.2, -0.15) is 0 Å². The van der Waals surface area contributed by atoms with Crippen molar-refractivity contribution in [1.82, 2.24) is 0 Å². The Morgan fingerprint density at radius 1 is 1.64 bits per heavy atom. The molecule has 1 unspecified atom stereocenters. The molecule has 1 aliphatic rings. The number of hydrogen-bond donors (Lipinski definition) is 1. The van der Waals surface area contributed by atoms with Crippen molar-refractivity contribution in [3.8, 4) is 0 Å². The first kappa shape index (κ1) is 8.72. The molecule has 1 aliphatic carbocycles. The summed E-state index contributed by atoms with van der Waals surface area (Å²) in [6, 6.07) is 0.0441. The second-order valence-electron chi connectivity index (χ2n) is 3.72. The van der Waals surface area contributed by atoms with Crippen molar-refractivity contribution in [2.24, 2.45) is 11.7 Å². The number of carbonyl (C=O) groups is 1. The van der Waals surface area contributed by atoms with Gasteiger partial charge in [0.15, 0.2) is 0 Å². The highest BCUT2D eigenvalue weighted by molar-refractivity contribution is 5.79. The lowest BCUT2D eigenvalue weighted by Crippen LogP contribution is -2.23. The fourth-order valence-electron chi connectivity index (χ4n) is 1.46. The second-order valence-corrected chi connectivity index (χ2v) is 3.72. The number of nitrogens with two attached hydrogens (primary N) is 1. The third kappa shape index (κ3) is 3.02. The molecule has 0 bridgehead atoms. The summed E-state index contributed by atoms with van der Waals surface area (Å²) in [6.45, 7) is 1.89. The second kappa shape index (κ2) is 3.86. The van der Waals surface area contributed by atoms with E-state index in [2.05, 4.69) is 0 Å². The van der Waals surface area contributed by atoms with Crippen LogP contribution in [0, 0.1) is 5.92 Å². The minimum atomic E-state index is 0.0441. The summed E-state index contributed by atoms with van der Waals surface area (Å²) in [5, 5.41) is 0. The molecule has 0 aliphatic heterocycles. The highest BCUT2D eigenvalue weighted by atomic mass is 16.1. The van der Waals surface area contributed by atoms with E-state index in [1.807, 2.05) is 6.92 Å². The van der Waals surface area contributed by atoms with Crippen LogP contribution in [0.25, 0.3) is 0 Å². The normalized spacial score (nSPS) is 20.9. The molecule has 2 N–H and O–H groups in total. The van der Waals surface area contributed by atoms with Gasteiger partial charge in [-0.3, -0.25) is 4.79 Å². The third-order valence-electron chi connectivity index (χ3n) is 2.29. The first-order valence-electron chi connectivity index (χ1n) is 4.45. The Morgan fingerprint density at radius 3 is 2.64 bits per heavy atom. The third-order valence-corrected chi connectivity index (χ3v) is 2.29. The summed E-state index contributed by atoms with van der Waals surface area (Å²) >= 11 is 0. The SMILES string of the molecule is CC(N)CC(=O)CC1CCC1. The molecule has 0 radical (unpaired) electrons. The molecule has 0 amide bonds. The zero-order valence-corrected chi connectivity index (χ0v) is 7.18. The summed E-state index contributed by atoms with van der Waals surface area (Å²) in [5.41, 5.74) is 5.51. The lowest BCUT2D eigenvalue weighted by molar-refractivity contribution is -0.120. The molecule has 1 rings (SSSR count). The Morgan fingerprint density at radius 2 is 2.27 bits per heavy atom. The van der Waals surface area contributed by atoms with Crippen LogP contribution in [-0.4, -0.2) is 11.8 Å². The van der Waals surface area contributed by atoms with E-state index in [4.69, 9.17) is 5.73 Å². The number of ketones is 1. The molecule has 1 atom stereocenters. The van der Waals surface area contributed by atoms with Gasteiger partial charge in [0.2, 0.25) is 0 Å². The molecule has 0 spiro atoms. The average molecular weight is 155 g/mol. The molecule has 0 saturated heterocycles. The van der Waals surface area contributed by atoms with Crippen LogP contribution >= 0.6 is 0 Å². The Labute approximate surface area is 68.2 Å². The van der Waals surface area contributed by atoms with Crippen LogP contribution in [0.1, 0.15) is 39.0 Å². The van der Waals surface area contributed by atoms with Crippen molar-refractivity contribution >= 4 is 5.78 Å². The molecule has 1 fully saturated rings. The van der Waals surface area contributed by atoms with E-state index in [1.54, 1.807) is 0 Å². The van der Waals surface area contributed by atoms with Crippen LogP contribution in [0.2, 0.25) is 0 Å². The van der Waals surface area contributed by atoms with Crippen molar-refractivity contribution in [1.29, 1.82) is 0 Å². The van der Waals surface area contributed by atoms with Gasteiger partial charge >= 0.3 is 0 Å². The van der Waals surface area contributed by atoms with Crippen LogP contribution < -0.4 is 5.73 Å². The fraction of sp³-hybridized carbons (Fsp3) is 0.889. The minimum absolute atomic E-state index is 0.0441. The van der Waals surface area contributed by atoms with Crippen molar-refractivity contribution in [2.75, 3.05) is 0 Å². The lowest BCUT2D eigenvalue weighted by atomic mass is 9.81. The van der Waals surface area contributed by atoms with Crippen molar-refractivity contribution in [3.05, 3.63) is 0 Å². The number of hydrogen-bond acceptors (Lipinski definition) is 2. The quantitative estimate of drug-likeness (QED) is 0.668. The molecule has 0 aromatic rings. The predicted molar refractivity (Wildman–Crippen MR) is 45.2 cm³/mol. The van der Waals surface area contributed by atoms with Gasteiger partial charge in [-0.1, -0.05) is 19.3 Å². The topological polar surface area (TPSA) is 43.1 Å². The van der Waals surface area contributed by atoms with Gasteiger partial charge in [0.25, 0.3) is 0 Å². The van der Waals surface area contributed by atoms with E-state index < -0.39 is 0 Å². The Balaban J connectivity index is 2.09. The van der Waals surface area contributed by atoms with Gasteiger partial charge in [-0.25, -0.2) is 0 Å². The zero-order chi connectivity index (χ0) is 8.27. The molecule has 64 valence electrons. The summed E-state index contributed by atoms with van der Waals surface area (Å²) in [4.78, 5) is 11.2. The van der Waals surface area contributed by atoms with E-state index in [-0.39, 0.29) is 6.04 Å². The number of rotatable bonds is 4. The maximum atomic E-state index is 11.2. The largest absolute Gasteiger partial charge is 0.328 e. The lowest BCUT2D eigenvalue weighted by Gasteiger charge is -2.24. The average Bonchev–Trinajstić information content (AvgIpc) is 1.77. The van der Waals surface area contributed by atoms with Gasteiger partial charge < -0.3 is 5.73 Å². The molecule has 0 aromatic heterocycles. The van der Waals surface area contributed by atoms with Crippen LogP contribution in [-0.2, 0) is 4.79 Å². The van der Waals surface area contributed by atoms with Gasteiger partial charge in [0.1, 0.15) is 5.78 Å². The van der Waals surface area contributed by atoms with Gasteiger partial charge in [0, 0.05) is 18.9 Å². The van der Waals surface area contributed by atoms with E-state index >= 15 is 0 Å². The Kier molecular flexibility index (Phi) is 3.06. The summed E-state index contributed by atoms with van der Waals surface area (Å²) in [5.74, 6) is 1.05. The van der Waals surface area contributed by atoms with E-state index in [0.717, 1.165) is 6.42 Å². The van der Waals surface area contributed by atoms with Crippen LogP contribution in [0.15, 0.2) is 0 Å². The minimum Gasteiger partial charge on any atom is -0.328 e. The molecule has 0 aromatic carbocycles. The Bertz CT molecular complexity index is 138. The standard InChI is InChI=1S/C9H17NO/c1-7(10)5-9(11)6-8-3-2-4-8/h7-8H,2-6,10H2,1H3. The summed E-state index contributed by atoms with van der Waals surface area (Å²) in [6.07, 6.45) is 5.17. The van der Waals surface area contributed by atoms with Gasteiger partial charge in [-0.15, -0.1) is 0 Å². The predicted octanol–water partition coefficient (Wildman–Crippen LogP) is 1.48. The highest BCUT2D eigenvalue weighted by Crippen LogP contribution is 2.29. The van der Waals surface area contributed by atoms with E-state index in [9.17, 15) is 4.79 Å². The monoisotopic (exact) mass is 155 g/mol. The van der Waals surface area contributed by atoms with Crippen molar-refractivity contribution in [2.45, 2.75) is 45.1 Å². The van der Waals surface area contributed by atoms with E-state index in [1.165, 1.54) is 19.3 Å². The molecule has 0 heterocycles. The van der Waals surface area contributed by atoms with E-state index in [0.29, 0.717) is 18.1 Å². The smallest absolute Gasteiger partial charge is 0.134 e. The first-order chi connectivity index (χ1) is 5.18. The highest BCUT2D eigenvalue weighted by Gasteiger charge is 2.20. The summed E-state index contributed by atoms with van der Waals surface area (Å²) < 4.78 is 0. The maximum Gasteiger partial charge on any atom is 0.134 e. The van der Waals surface area contributed by atoms with Gasteiger partial charge in [-0.05, 0) is 12.8 Å². The zero-order valence-electron chi connectivity index (χ0n) is 7.18. The molecule has 2 nitrogen and oxygen atoms in total. The molecular formula is C9H17NO. The van der Waals surface area contributed by atoms with Gasteiger partial charge in [0.05, 0.1) is 0 Å². The molecule has 1 saturated carbocycles. The number of carbonyl (C=O) groups excluding carboxylic acids is 1. The fourth-order valence-corrected chi connectivity index (χ4v) is 1.46. The molecular weight excluding hydrogens is 138 g/mol. The Hall–Kier alpha value is -0.370. The molecule has 11 heavy (non-hydrogen) atoms. The van der Waals surface area contributed by atoms with Crippen molar-refractivity contribution in [3.63, 3.8) is 0 Å². The van der Waals surface area contributed by atoms with Crippen molar-refractivity contribution < 1.29 is 4.79 Å². The van der Waals surface area contributed by atoms with Crippen LogP contribution in [0.4, 0.5) is 0 Å². The summed E-state index contributed by atoms with van der Waals surface area (Å²) in [7, 11) is 0.